The number of fused-ring (bicyclic) bond motifs is 2. The molecule has 0 aliphatic carbocycles. The summed E-state index contributed by atoms with van der Waals surface area (Å²) in [4.78, 5) is 13.4. The second-order valence-electron chi connectivity index (χ2n) is 8.48. The first-order valence-corrected chi connectivity index (χ1v) is 9.97. The van der Waals surface area contributed by atoms with E-state index in [2.05, 4.69) is 0 Å². The van der Waals surface area contributed by atoms with Crippen molar-refractivity contribution in [3.8, 4) is 34.3 Å². The molecular formula is C25H24O6. The van der Waals surface area contributed by atoms with Crippen LogP contribution in [-0.4, -0.2) is 20.9 Å². The van der Waals surface area contributed by atoms with Crippen LogP contribution in [0.5, 0.6) is 23.0 Å². The van der Waals surface area contributed by atoms with Crippen LogP contribution in [-0.2, 0) is 6.42 Å². The predicted octanol–water partition coefficient (Wildman–Crippen LogP) is 5.27. The van der Waals surface area contributed by atoms with Crippen LogP contribution < -0.4 is 10.2 Å². The summed E-state index contributed by atoms with van der Waals surface area (Å²) in [5, 5.41) is 30.5. The van der Waals surface area contributed by atoms with Crippen LogP contribution in [0, 0.1) is 0 Å². The van der Waals surface area contributed by atoms with Gasteiger partial charge in [-0.1, -0.05) is 11.6 Å². The van der Waals surface area contributed by atoms with Crippen molar-refractivity contribution in [2.45, 2.75) is 39.7 Å². The van der Waals surface area contributed by atoms with Gasteiger partial charge in [-0.05, 0) is 58.4 Å². The monoisotopic (exact) mass is 420 g/mol. The van der Waals surface area contributed by atoms with Crippen LogP contribution in [0.25, 0.3) is 28.4 Å². The molecule has 0 amide bonds. The van der Waals surface area contributed by atoms with Crippen molar-refractivity contribution in [2.75, 3.05) is 0 Å². The largest absolute Gasteiger partial charge is 0.508 e. The molecule has 2 heterocycles. The number of hydrogen-bond donors (Lipinski definition) is 3. The van der Waals surface area contributed by atoms with Crippen LogP contribution in [0.4, 0.5) is 0 Å². The summed E-state index contributed by atoms with van der Waals surface area (Å²) in [5.74, 6) is 0.154. The van der Waals surface area contributed by atoms with E-state index in [0.717, 1.165) is 11.6 Å². The molecule has 0 atom stereocenters. The van der Waals surface area contributed by atoms with Gasteiger partial charge in [0.05, 0.1) is 11.1 Å². The Balaban J connectivity index is 2.09. The van der Waals surface area contributed by atoms with E-state index in [-0.39, 0.29) is 40.4 Å². The SMILES string of the molecule is CC(C)=CCc1c(-c2ccc(O)c3c2OC(C)(C)C=C3)oc2cc(O)cc(O)c2c1=O. The highest BCUT2D eigenvalue weighted by atomic mass is 16.5. The van der Waals surface area contributed by atoms with E-state index in [1.165, 1.54) is 12.1 Å². The Morgan fingerprint density at radius 1 is 1.10 bits per heavy atom. The van der Waals surface area contributed by atoms with Gasteiger partial charge >= 0.3 is 0 Å². The third-order valence-electron chi connectivity index (χ3n) is 5.20. The fourth-order valence-corrected chi connectivity index (χ4v) is 3.65. The summed E-state index contributed by atoms with van der Waals surface area (Å²) >= 11 is 0. The standard InChI is InChI=1S/C25H24O6/c1-13(2)5-6-16-22(29)21-19(28)11-14(26)12-20(21)30-23(16)17-7-8-18(27)15-9-10-25(3,4)31-24(15)17/h5,7-12,26-28H,6H2,1-4H3. The van der Waals surface area contributed by atoms with Gasteiger partial charge in [0, 0.05) is 17.7 Å². The molecule has 2 aromatic carbocycles. The van der Waals surface area contributed by atoms with E-state index in [1.807, 2.05) is 39.8 Å². The van der Waals surface area contributed by atoms with Crippen LogP contribution in [0.3, 0.4) is 0 Å². The number of aromatic hydroxyl groups is 3. The zero-order valence-electron chi connectivity index (χ0n) is 17.8. The molecule has 0 fully saturated rings. The molecule has 3 N–H and O–H groups in total. The summed E-state index contributed by atoms with van der Waals surface area (Å²) < 4.78 is 12.2. The molecule has 6 nitrogen and oxygen atoms in total. The lowest BCUT2D eigenvalue weighted by Gasteiger charge is -2.29. The minimum Gasteiger partial charge on any atom is -0.508 e. The van der Waals surface area contributed by atoms with Crippen LogP contribution in [0.15, 0.2) is 51.2 Å². The van der Waals surface area contributed by atoms with E-state index in [9.17, 15) is 20.1 Å². The summed E-state index contributed by atoms with van der Waals surface area (Å²) in [6.45, 7) is 7.63. The molecule has 0 unspecified atom stereocenters. The number of ether oxygens (including phenoxy) is 1. The first-order chi connectivity index (χ1) is 14.6. The van der Waals surface area contributed by atoms with Crippen LogP contribution in [0.1, 0.15) is 38.8 Å². The Kier molecular flexibility index (Phi) is 4.81. The second-order valence-corrected chi connectivity index (χ2v) is 8.48. The molecule has 160 valence electrons. The van der Waals surface area contributed by atoms with Gasteiger partial charge in [-0.25, -0.2) is 0 Å². The van der Waals surface area contributed by atoms with E-state index in [0.29, 0.717) is 22.4 Å². The Bertz CT molecular complexity index is 1320. The molecular weight excluding hydrogens is 396 g/mol. The molecule has 31 heavy (non-hydrogen) atoms. The van der Waals surface area contributed by atoms with Crippen molar-refractivity contribution in [1.82, 2.24) is 0 Å². The maximum absolute atomic E-state index is 13.4. The first kappa shape index (κ1) is 20.6. The molecule has 0 radical (unpaired) electrons. The zero-order valence-corrected chi connectivity index (χ0v) is 17.8. The molecule has 1 aromatic heterocycles. The van der Waals surface area contributed by atoms with Gasteiger partial charge in [0.25, 0.3) is 0 Å². The summed E-state index contributed by atoms with van der Waals surface area (Å²) in [6.07, 6.45) is 5.81. The van der Waals surface area contributed by atoms with Gasteiger partial charge in [0.15, 0.2) is 0 Å². The lowest BCUT2D eigenvalue weighted by atomic mass is 9.95. The van der Waals surface area contributed by atoms with Crippen molar-refractivity contribution >= 4 is 17.0 Å². The van der Waals surface area contributed by atoms with Gasteiger partial charge < -0.3 is 24.5 Å². The smallest absolute Gasteiger partial charge is 0.200 e. The van der Waals surface area contributed by atoms with Gasteiger partial charge in [0.1, 0.15) is 45.3 Å². The zero-order chi connectivity index (χ0) is 22.5. The molecule has 3 aromatic rings. The normalized spacial score (nSPS) is 14.2. The third-order valence-corrected chi connectivity index (χ3v) is 5.20. The van der Waals surface area contributed by atoms with Crippen molar-refractivity contribution in [2.24, 2.45) is 0 Å². The highest BCUT2D eigenvalue weighted by molar-refractivity contribution is 5.89. The number of benzene rings is 2. The number of phenols is 3. The van der Waals surface area contributed by atoms with Crippen LogP contribution >= 0.6 is 0 Å². The Morgan fingerprint density at radius 2 is 1.84 bits per heavy atom. The average molecular weight is 420 g/mol. The maximum atomic E-state index is 13.4. The highest BCUT2D eigenvalue weighted by Crippen LogP contribution is 2.45. The van der Waals surface area contributed by atoms with Gasteiger partial charge in [-0.15, -0.1) is 0 Å². The van der Waals surface area contributed by atoms with Crippen molar-refractivity contribution < 1.29 is 24.5 Å². The van der Waals surface area contributed by atoms with E-state index in [4.69, 9.17) is 9.15 Å². The molecule has 6 heteroatoms. The fourth-order valence-electron chi connectivity index (χ4n) is 3.65. The lowest BCUT2D eigenvalue weighted by Crippen LogP contribution is -2.28. The molecule has 4 rings (SSSR count). The Morgan fingerprint density at radius 3 is 2.55 bits per heavy atom. The second kappa shape index (κ2) is 7.23. The number of rotatable bonds is 3. The molecule has 0 bridgehead atoms. The number of allylic oxidation sites excluding steroid dienone is 2. The quantitative estimate of drug-likeness (QED) is 0.499. The van der Waals surface area contributed by atoms with Crippen molar-refractivity contribution in [3.05, 3.63) is 63.3 Å². The van der Waals surface area contributed by atoms with Gasteiger partial charge in [-0.2, -0.15) is 0 Å². The summed E-state index contributed by atoms with van der Waals surface area (Å²) in [6, 6.07) is 5.57. The van der Waals surface area contributed by atoms with Crippen molar-refractivity contribution in [3.63, 3.8) is 0 Å². The molecule has 1 aliphatic rings. The minimum absolute atomic E-state index is 0.00694. The molecule has 0 spiro atoms. The number of phenolic OH excluding ortho intramolecular Hbond substituents is 3. The summed E-state index contributed by atoms with van der Waals surface area (Å²) in [5.41, 5.74) is 1.41. The average Bonchev–Trinajstić information content (AvgIpc) is 2.65. The van der Waals surface area contributed by atoms with Crippen molar-refractivity contribution in [1.29, 1.82) is 0 Å². The lowest BCUT2D eigenvalue weighted by molar-refractivity contribution is 0.159. The fraction of sp³-hybridized carbons (Fsp3) is 0.240. The first-order valence-electron chi connectivity index (χ1n) is 9.97. The van der Waals surface area contributed by atoms with E-state index < -0.39 is 11.0 Å². The van der Waals surface area contributed by atoms with Gasteiger partial charge in [0.2, 0.25) is 5.43 Å². The number of hydrogen-bond acceptors (Lipinski definition) is 6. The third kappa shape index (κ3) is 3.65. The van der Waals surface area contributed by atoms with Crippen LogP contribution in [0.2, 0.25) is 0 Å². The predicted molar refractivity (Wildman–Crippen MR) is 120 cm³/mol. The molecule has 1 aliphatic heterocycles. The highest BCUT2D eigenvalue weighted by Gasteiger charge is 2.29. The minimum atomic E-state index is -0.622. The summed E-state index contributed by atoms with van der Waals surface area (Å²) in [7, 11) is 0. The topological polar surface area (TPSA) is 100 Å². The maximum Gasteiger partial charge on any atom is 0.200 e. The molecule has 0 saturated heterocycles. The van der Waals surface area contributed by atoms with E-state index in [1.54, 1.807) is 12.1 Å². The van der Waals surface area contributed by atoms with Gasteiger partial charge in [-0.3, -0.25) is 4.79 Å². The van der Waals surface area contributed by atoms with E-state index >= 15 is 0 Å². The Labute approximate surface area is 179 Å². The Hall–Kier alpha value is -3.67. The molecule has 0 saturated carbocycles.